The normalized spacial score (nSPS) is 24.9. The summed E-state index contributed by atoms with van der Waals surface area (Å²) >= 11 is 0. The minimum absolute atomic E-state index is 0.608. The molecule has 1 aliphatic heterocycles. The van der Waals surface area contributed by atoms with Gasteiger partial charge in [0.2, 0.25) is 0 Å². The van der Waals surface area contributed by atoms with Gasteiger partial charge in [-0.3, -0.25) is 4.98 Å². The maximum atomic E-state index is 4.39. The second-order valence-electron chi connectivity index (χ2n) is 5.41. The molecule has 2 heterocycles. The third-order valence-electron chi connectivity index (χ3n) is 3.73. The van der Waals surface area contributed by atoms with Crippen molar-refractivity contribution in [3.05, 3.63) is 18.6 Å². The Kier molecular flexibility index (Phi) is 3.62. The first-order valence-electron chi connectivity index (χ1n) is 6.27. The summed E-state index contributed by atoms with van der Waals surface area (Å²) in [5, 5.41) is 0. The quantitative estimate of drug-likeness (QED) is 0.793. The summed E-state index contributed by atoms with van der Waals surface area (Å²) in [7, 11) is 4.33. The van der Waals surface area contributed by atoms with Gasteiger partial charge in [0.1, 0.15) is 5.82 Å². The minimum Gasteiger partial charge on any atom is -0.353 e. The summed E-state index contributed by atoms with van der Waals surface area (Å²) in [5.74, 6) is 2.40. The molecule has 1 aromatic heterocycles. The van der Waals surface area contributed by atoms with Gasteiger partial charge in [0.25, 0.3) is 0 Å². The van der Waals surface area contributed by atoms with Crippen LogP contribution in [-0.4, -0.2) is 48.1 Å². The van der Waals surface area contributed by atoms with E-state index in [1.165, 1.54) is 0 Å². The van der Waals surface area contributed by atoms with Crippen LogP contribution in [0.15, 0.2) is 18.6 Å². The van der Waals surface area contributed by atoms with Gasteiger partial charge in [0.05, 0.1) is 6.20 Å². The number of aromatic nitrogens is 2. The van der Waals surface area contributed by atoms with E-state index in [1.807, 2.05) is 6.20 Å². The summed E-state index contributed by atoms with van der Waals surface area (Å²) < 4.78 is 0. The van der Waals surface area contributed by atoms with Crippen LogP contribution in [0.25, 0.3) is 0 Å². The van der Waals surface area contributed by atoms with Crippen molar-refractivity contribution in [2.45, 2.75) is 19.9 Å². The molecular weight excluding hydrogens is 212 g/mol. The molecule has 94 valence electrons. The van der Waals surface area contributed by atoms with Gasteiger partial charge in [-0.05, 0) is 25.9 Å². The van der Waals surface area contributed by atoms with Gasteiger partial charge >= 0.3 is 0 Å². The molecule has 1 fully saturated rings. The molecular formula is C13H22N4. The molecule has 2 unspecified atom stereocenters. The fourth-order valence-corrected chi connectivity index (χ4v) is 2.65. The van der Waals surface area contributed by atoms with E-state index in [4.69, 9.17) is 0 Å². The van der Waals surface area contributed by atoms with Crippen LogP contribution in [-0.2, 0) is 0 Å². The number of hydrogen-bond acceptors (Lipinski definition) is 4. The first-order chi connectivity index (χ1) is 8.09. The molecule has 1 aliphatic rings. The van der Waals surface area contributed by atoms with Crippen molar-refractivity contribution in [2.24, 2.45) is 11.8 Å². The van der Waals surface area contributed by atoms with E-state index in [1.54, 1.807) is 12.4 Å². The van der Waals surface area contributed by atoms with E-state index in [0.29, 0.717) is 17.9 Å². The molecule has 1 saturated heterocycles. The van der Waals surface area contributed by atoms with Gasteiger partial charge in [-0.15, -0.1) is 0 Å². The summed E-state index contributed by atoms with van der Waals surface area (Å²) in [5.41, 5.74) is 0. The van der Waals surface area contributed by atoms with Crippen LogP contribution in [0.1, 0.15) is 13.8 Å². The van der Waals surface area contributed by atoms with Gasteiger partial charge in [0.15, 0.2) is 0 Å². The topological polar surface area (TPSA) is 32.3 Å². The molecule has 0 bridgehead atoms. The Morgan fingerprint density at radius 3 is 2.53 bits per heavy atom. The highest BCUT2D eigenvalue weighted by atomic mass is 15.3. The van der Waals surface area contributed by atoms with E-state index in [0.717, 1.165) is 18.9 Å². The number of anilines is 1. The third-order valence-corrected chi connectivity index (χ3v) is 3.73. The second-order valence-corrected chi connectivity index (χ2v) is 5.41. The Labute approximate surface area is 104 Å². The zero-order valence-corrected chi connectivity index (χ0v) is 11.2. The monoisotopic (exact) mass is 234 g/mol. The molecule has 0 saturated carbocycles. The van der Waals surface area contributed by atoms with Gasteiger partial charge in [0, 0.05) is 31.5 Å². The van der Waals surface area contributed by atoms with Crippen molar-refractivity contribution in [3.8, 4) is 0 Å². The first kappa shape index (κ1) is 12.3. The predicted molar refractivity (Wildman–Crippen MR) is 70.0 cm³/mol. The SMILES string of the molecule is CC(C)C1CN(c2cnccn2)CC1N(C)C. The second kappa shape index (κ2) is 5.00. The predicted octanol–water partition coefficient (Wildman–Crippen LogP) is 1.50. The third kappa shape index (κ3) is 2.57. The number of likely N-dealkylation sites (N-methyl/N-ethyl adjacent to an activating group) is 1. The standard InChI is InChI=1S/C13H22N4/c1-10(2)11-8-17(9-12(11)16(3)4)13-7-14-5-6-15-13/h5-7,10-12H,8-9H2,1-4H3. The fraction of sp³-hybridized carbons (Fsp3) is 0.692. The van der Waals surface area contributed by atoms with Crippen LogP contribution in [0, 0.1) is 11.8 Å². The molecule has 0 aromatic carbocycles. The van der Waals surface area contributed by atoms with Gasteiger partial charge in [-0.2, -0.15) is 0 Å². The van der Waals surface area contributed by atoms with Crippen LogP contribution in [0.3, 0.4) is 0 Å². The molecule has 2 rings (SSSR count). The highest BCUT2D eigenvalue weighted by Crippen LogP contribution is 2.29. The fourth-order valence-electron chi connectivity index (χ4n) is 2.65. The largest absolute Gasteiger partial charge is 0.353 e. The lowest BCUT2D eigenvalue weighted by molar-refractivity contribution is 0.216. The molecule has 4 heteroatoms. The Morgan fingerprint density at radius 1 is 1.29 bits per heavy atom. The van der Waals surface area contributed by atoms with Crippen LogP contribution in [0.5, 0.6) is 0 Å². The molecule has 2 atom stereocenters. The van der Waals surface area contributed by atoms with Crippen LogP contribution in [0.4, 0.5) is 5.82 Å². The zero-order chi connectivity index (χ0) is 12.4. The Hall–Kier alpha value is -1.16. The first-order valence-corrected chi connectivity index (χ1v) is 6.27. The summed E-state index contributed by atoms with van der Waals surface area (Å²) in [6.45, 7) is 6.75. The van der Waals surface area contributed by atoms with Crippen LogP contribution < -0.4 is 4.90 Å². The Morgan fingerprint density at radius 2 is 2.06 bits per heavy atom. The van der Waals surface area contributed by atoms with E-state index in [-0.39, 0.29) is 0 Å². The maximum Gasteiger partial charge on any atom is 0.147 e. The van der Waals surface area contributed by atoms with E-state index in [2.05, 4.69) is 47.7 Å². The van der Waals surface area contributed by atoms with E-state index in [9.17, 15) is 0 Å². The molecule has 1 aromatic rings. The van der Waals surface area contributed by atoms with Crippen molar-refractivity contribution < 1.29 is 0 Å². The zero-order valence-electron chi connectivity index (χ0n) is 11.2. The average molecular weight is 234 g/mol. The molecule has 0 radical (unpaired) electrons. The number of rotatable bonds is 3. The summed E-state index contributed by atoms with van der Waals surface area (Å²) in [6, 6.07) is 0.608. The maximum absolute atomic E-state index is 4.39. The van der Waals surface area contributed by atoms with Crippen molar-refractivity contribution in [3.63, 3.8) is 0 Å². The molecule has 17 heavy (non-hydrogen) atoms. The summed E-state index contributed by atoms with van der Waals surface area (Å²) in [4.78, 5) is 13.2. The van der Waals surface area contributed by atoms with Crippen molar-refractivity contribution in [1.29, 1.82) is 0 Å². The molecule has 0 spiro atoms. The lowest BCUT2D eigenvalue weighted by Gasteiger charge is -2.27. The van der Waals surface area contributed by atoms with Gasteiger partial charge in [-0.1, -0.05) is 13.8 Å². The highest BCUT2D eigenvalue weighted by Gasteiger charge is 2.36. The molecule has 0 aliphatic carbocycles. The molecule has 0 amide bonds. The highest BCUT2D eigenvalue weighted by molar-refractivity contribution is 5.37. The van der Waals surface area contributed by atoms with Gasteiger partial charge in [-0.25, -0.2) is 4.98 Å². The van der Waals surface area contributed by atoms with Crippen molar-refractivity contribution in [1.82, 2.24) is 14.9 Å². The van der Waals surface area contributed by atoms with Crippen LogP contribution in [0.2, 0.25) is 0 Å². The average Bonchev–Trinajstić information content (AvgIpc) is 2.75. The van der Waals surface area contributed by atoms with Gasteiger partial charge < -0.3 is 9.80 Å². The number of hydrogen-bond donors (Lipinski definition) is 0. The smallest absolute Gasteiger partial charge is 0.147 e. The van der Waals surface area contributed by atoms with Crippen molar-refractivity contribution >= 4 is 5.82 Å². The van der Waals surface area contributed by atoms with E-state index < -0.39 is 0 Å². The number of nitrogens with zero attached hydrogens (tertiary/aromatic N) is 4. The molecule has 0 N–H and O–H groups in total. The molecule has 4 nitrogen and oxygen atoms in total. The minimum atomic E-state index is 0.608. The van der Waals surface area contributed by atoms with Crippen LogP contribution >= 0.6 is 0 Å². The lowest BCUT2D eigenvalue weighted by Crippen LogP contribution is -2.37. The Bertz CT molecular complexity index is 334. The van der Waals surface area contributed by atoms with E-state index >= 15 is 0 Å². The van der Waals surface area contributed by atoms with Crippen molar-refractivity contribution in [2.75, 3.05) is 32.1 Å². The Balaban J connectivity index is 2.14. The summed E-state index contributed by atoms with van der Waals surface area (Å²) in [6.07, 6.45) is 5.35. The lowest BCUT2D eigenvalue weighted by atomic mass is 9.91.